The number of aliphatic hydroxyl groups is 2. The van der Waals surface area contributed by atoms with Crippen LogP contribution in [0.3, 0.4) is 0 Å². The lowest BCUT2D eigenvalue weighted by atomic mass is 9.86. The van der Waals surface area contributed by atoms with Crippen molar-refractivity contribution in [3.8, 4) is 0 Å². The Morgan fingerprint density at radius 2 is 1.65 bits per heavy atom. The molecule has 7 heteroatoms. The first-order chi connectivity index (χ1) is 10.5. The van der Waals surface area contributed by atoms with Gasteiger partial charge in [0.1, 0.15) is 0 Å². The van der Waals surface area contributed by atoms with Crippen LogP contribution in [0.15, 0.2) is 18.2 Å². The zero-order chi connectivity index (χ0) is 17.9. The average Bonchev–Trinajstić information content (AvgIpc) is 2.68. The Labute approximate surface area is 134 Å². The number of carboxylic acids is 2. The third-order valence-corrected chi connectivity index (χ3v) is 3.98. The highest BCUT2D eigenvalue weighted by Gasteiger charge is 2.35. The van der Waals surface area contributed by atoms with Crippen LogP contribution in [0.25, 0.3) is 0 Å². The topological polar surface area (TPSA) is 141 Å². The predicted octanol–water partition coefficient (Wildman–Crippen LogP) is 0.931. The van der Waals surface area contributed by atoms with Crippen LogP contribution in [-0.4, -0.2) is 44.6 Å². The van der Waals surface area contributed by atoms with Crippen LogP contribution < -0.4 is 5.73 Å². The van der Waals surface area contributed by atoms with Crippen molar-refractivity contribution in [3.63, 3.8) is 0 Å². The summed E-state index contributed by atoms with van der Waals surface area (Å²) in [4.78, 5) is 19.5. The Kier molecular flexibility index (Phi) is 5.74. The molecule has 0 saturated heterocycles. The van der Waals surface area contributed by atoms with E-state index >= 15 is 0 Å². The van der Waals surface area contributed by atoms with Crippen molar-refractivity contribution in [2.45, 2.75) is 50.7 Å². The Hall–Kier alpha value is -2.12. The Morgan fingerprint density at radius 1 is 1.17 bits per heavy atom. The zero-order valence-electron chi connectivity index (χ0n) is 13.4. The molecule has 0 aromatic heterocycles. The van der Waals surface area contributed by atoms with E-state index < -0.39 is 24.1 Å². The number of nitrogen functional groups attached to an aromatic ring is 1. The van der Waals surface area contributed by atoms with E-state index in [0.717, 1.165) is 5.69 Å². The molecule has 6 N–H and O–H groups in total. The van der Waals surface area contributed by atoms with E-state index in [4.69, 9.17) is 26.2 Å². The summed E-state index contributed by atoms with van der Waals surface area (Å²) in [6.45, 7) is 6.87. The average molecular weight is 325 g/mol. The van der Waals surface area contributed by atoms with Crippen molar-refractivity contribution in [2.24, 2.45) is 0 Å². The molecule has 0 radical (unpaired) electrons. The van der Waals surface area contributed by atoms with E-state index in [1.54, 1.807) is 0 Å². The molecule has 1 aromatic carbocycles. The molecule has 7 nitrogen and oxygen atoms in total. The van der Waals surface area contributed by atoms with Crippen LogP contribution in [0.1, 0.15) is 44.2 Å². The summed E-state index contributed by atoms with van der Waals surface area (Å²) in [5.41, 5.74) is 10.1. The monoisotopic (exact) mass is 325 g/mol. The third kappa shape index (κ3) is 4.20. The molecular weight excluding hydrogens is 302 g/mol. The Balaban J connectivity index is 0.000000241. The number of anilines is 1. The number of hydrogen-bond donors (Lipinski definition) is 5. The Bertz CT molecular complexity index is 580. The van der Waals surface area contributed by atoms with Gasteiger partial charge in [-0.2, -0.15) is 0 Å². The lowest BCUT2D eigenvalue weighted by Gasteiger charge is -2.18. The van der Waals surface area contributed by atoms with Gasteiger partial charge in [-0.25, -0.2) is 9.59 Å². The van der Waals surface area contributed by atoms with E-state index in [1.165, 1.54) is 17.5 Å². The molecule has 1 aliphatic carbocycles. The smallest absolute Gasteiger partial charge is 0.335 e. The molecule has 1 aliphatic rings. The molecule has 0 fully saturated rings. The summed E-state index contributed by atoms with van der Waals surface area (Å²) in [5.74, 6) is -2.92. The first-order valence-electron chi connectivity index (χ1n) is 7.19. The number of carboxylic acid groups (broad SMARTS) is 2. The maximum Gasteiger partial charge on any atom is 0.335 e. The molecular formula is C16H23NO6. The summed E-state index contributed by atoms with van der Waals surface area (Å²) >= 11 is 0. The van der Waals surface area contributed by atoms with Crippen LogP contribution in [0.2, 0.25) is 0 Å². The highest BCUT2D eigenvalue weighted by molar-refractivity contribution is 5.83. The van der Waals surface area contributed by atoms with Crippen molar-refractivity contribution in [2.75, 3.05) is 5.73 Å². The maximum absolute atomic E-state index is 9.77. The quantitative estimate of drug-likeness (QED) is 0.520. The van der Waals surface area contributed by atoms with Crippen LogP contribution in [0.4, 0.5) is 5.69 Å². The van der Waals surface area contributed by atoms with Crippen LogP contribution in [0.5, 0.6) is 0 Å². The van der Waals surface area contributed by atoms with E-state index in [2.05, 4.69) is 32.9 Å². The molecule has 0 heterocycles. The second-order valence-corrected chi connectivity index (χ2v) is 6.36. The summed E-state index contributed by atoms with van der Waals surface area (Å²) < 4.78 is 0. The van der Waals surface area contributed by atoms with Gasteiger partial charge in [0.05, 0.1) is 0 Å². The number of rotatable bonds is 3. The largest absolute Gasteiger partial charge is 0.479 e. The van der Waals surface area contributed by atoms with Crippen LogP contribution in [0, 0.1) is 0 Å². The second-order valence-electron chi connectivity index (χ2n) is 6.36. The fourth-order valence-electron chi connectivity index (χ4n) is 2.97. The molecule has 128 valence electrons. The minimum absolute atomic E-state index is 0.310. The maximum atomic E-state index is 9.77. The number of nitrogens with two attached hydrogens (primary N) is 1. The molecule has 0 spiro atoms. The van der Waals surface area contributed by atoms with E-state index in [0.29, 0.717) is 11.3 Å². The SMILES string of the molecule is CC1CC(C)(C)c2cccc(N)c21.O=C(O)C(O)C(O)C(=O)O. The van der Waals surface area contributed by atoms with Crippen molar-refractivity contribution in [3.05, 3.63) is 29.3 Å². The number of aliphatic carboxylic acids is 2. The Morgan fingerprint density at radius 3 is 2.04 bits per heavy atom. The lowest BCUT2D eigenvalue weighted by molar-refractivity contribution is -0.165. The van der Waals surface area contributed by atoms with Gasteiger partial charge in [-0.05, 0) is 34.9 Å². The molecule has 1 aromatic rings. The van der Waals surface area contributed by atoms with Crippen molar-refractivity contribution >= 4 is 17.6 Å². The van der Waals surface area contributed by atoms with Gasteiger partial charge < -0.3 is 26.2 Å². The molecule has 23 heavy (non-hydrogen) atoms. The first-order valence-corrected chi connectivity index (χ1v) is 7.19. The molecule has 0 saturated carbocycles. The van der Waals surface area contributed by atoms with E-state index in [1.807, 2.05) is 6.07 Å². The lowest BCUT2D eigenvalue weighted by Crippen LogP contribution is -2.39. The van der Waals surface area contributed by atoms with E-state index in [-0.39, 0.29) is 0 Å². The summed E-state index contributed by atoms with van der Waals surface area (Å²) in [5, 5.41) is 32.5. The standard InChI is InChI=1S/C12H17N.C4H6O6/c1-8-7-12(2,3)9-5-4-6-10(13)11(8)9;5-1(3(7)8)2(6)4(9)10/h4-6,8H,7,13H2,1-3H3;1-2,5-6H,(H,7,8)(H,9,10). The number of fused-ring (bicyclic) bond motifs is 1. The van der Waals surface area contributed by atoms with Gasteiger partial charge >= 0.3 is 11.9 Å². The minimum Gasteiger partial charge on any atom is -0.479 e. The van der Waals surface area contributed by atoms with Gasteiger partial charge in [0.2, 0.25) is 0 Å². The fourth-order valence-corrected chi connectivity index (χ4v) is 2.97. The first kappa shape index (κ1) is 18.9. The number of aliphatic hydroxyl groups excluding tert-OH is 2. The predicted molar refractivity (Wildman–Crippen MR) is 84.2 cm³/mol. The number of hydrogen-bond acceptors (Lipinski definition) is 5. The number of carbonyl (C=O) groups is 2. The van der Waals surface area contributed by atoms with Gasteiger partial charge in [0.25, 0.3) is 0 Å². The molecule has 2 rings (SSSR count). The normalized spacial score (nSPS) is 20.7. The molecule has 3 atom stereocenters. The summed E-state index contributed by atoms with van der Waals surface area (Å²) in [7, 11) is 0. The summed E-state index contributed by atoms with van der Waals surface area (Å²) in [6, 6.07) is 6.29. The summed E-state index contributed by atoms with van der Waals surface area (Å²) in [6.07, 6.45) is -3.31. The van der Waals surface area contributed by atoms with Crippen molar-refractivity contribution in [1.82, 2.24) is 0 Å². The van der Waals surface area contributed by atoms with Gasteiger partial charge in [0, 0.05) is 5.69 Å². The van der Waals surface area contributed by atoms with Crippen LogP contribution in [-0.2, 0) is 15.0 Å². The fraction of sp³-hybridized carbons (Fsp3) is 0.500. The zero-order valence-corrected chi connectivity index (χ0v) is 13.4. The van der Waals surface area contributed by atoms with Crippen molar-refractivity contribution in [1.29, 1.82) is 0 Å². The molecule has 0 amide bonds. The highest BCUT2D eigenvalue weighted by Crippen LogP contribution is 2.47. The van der Waals surface area contributed by atoms with E-state index in [9.17, 15) is 9.59 Å². The van der Waals surface area contributed by atoms with Crippen molar-refractivity contribution < 1.29 is 30.0 Å². The third-order valence-electron chi connectivity index (χ3n) is 3.98. The minimum atomic E-state index is -2.27. The molecule has 0 aliphatic heterocycles. The van der Waals surface area contributed by atoms with Gasteiger partial charge in [-0.15, -0.1) is 0 Å². The highest BCUT2D eigenvalue weighted by atomic mass is 16.4. The second kappa shape index (κ2) is 6.97. The van der Waals surface area contributed by atoms with Crippen LogP contribution >= 0.6 is 0 Å². The van der Waals surface area contributed by atoms with Gasteiger partial charge in [0.15, 0.2) is 12.2 Å². The molecule has 3 unspecified atom stereocenters. The molecule has 0 bridgehead atoms. The number of benzene rings is 1. The van der Waals surface area contributed by atoms with Gasteiger partial charge in [-0.3, -0.25) is 0 Å². The van der Waals surface area contributed by atoms with Gasteiger partial charge in [-0.1, -0.05) is 32.9 Å².